The minimum Gasteiger partial charge on any atom is -0.403 e. The Bertz CT molecular complexity index is 262. The van der Waals surface area contributed by atoms with E-state index in [4.69, 9.17) is 4.74 Å². The first-order valence-corrected chi connectivity index (χ1v) is 5.29. The summed E-state index contributed by atoms with van der Waals surface area (Å²) < 4.78 is 6.20. The average Bonchev–Trinajstić information content (AvgIpc) is 2.39. The molecule has 0 saturated carbocycles. The molecule has 1 rings (SSSR count). The Labute approximate surface area is 90.1 Å². The molecule has 0 aromatic rings. The third-order valence-electron chi connectivity index (χ3n) is 1.71. The molecule has 1 saturated heterocycles. The summed E-state index contributed by atoms with van der Waals surface area (Å²) in [5.74, 6) is -0.199. The van der Waals surface area contributed by atoms with Gasteiger partial charge in [-0.1, -0.05) is 13.3 Å². The average molecular weight is 295 g/mol. The minimum absolute atomic E-state index is 0.127. The first-order chi connectivity index (χ1) is 6.20. The number of halogens is 1. The number of rotatable bonds is 3. The van der Waals surface area contributed by atoms with Crippen molar-refractivity contribution in [2.45, 2.75) is 19.8 Å². The van der Waals surface area contributed by atoms with Gasteiger partial charge in [-0.3, -0.25) is 4.79 Å². The van der Waals surface area contributed by atoms with Crippen molar-refractivity contribution >= 4 is 34.6 Å². The molecule has 0 aliphatic carbocycles. The summed E-state index contributed by atoms with van der Waals surface area (Å²) >= 11 is 1.88. The Balaban J connectivity index is 2.65. The number of imide groups is 1. The lowest BCUT2D eigenvalue weighted by molar-refractivity contribution is -0.123. The topological polar surface area (TPSA) is 46.6 Å². The van der Waals surface area contributed by atoms with Gasteiger partial charge in [0.15, 0.2) is 0 Å². The highest BCUT2D eigenvalue weighted by Gasteiger charge is 2.35. The van der Waals surface area contributed by atoms with E-state index < -0.39 is 6.09 Å². The summed E-state index contributed by atoms with van der Waals surface area (Å²) in [7, 11) is 0. The highest BCUT2D eigenvalue weighted by atomic mass is 127. The second-order valence-electron chi connectivity index (χ2n) is 2.65. The van der Waals surface area contributed by atoms with E-state index in [0.29, 0.717) is 6.54 Å². The highest BCUT2D eigenvalue weighted by molar-refractivity contribution is 14.1. The van der Waals surface area contributed by atoms with Gasteiger partial charge >= 0.3 is 6.09 Å². The van der Waals surface area contributed by atoms with Crippen LogP contribution in [0, 0.1) is 0 Å². The second-order valence-corrected chi connectivity index (χ2v) is 3.27. The molecule has 13 heavy (non-hydrogen) atoms. The zero-order valence-electron chi connectivity index (χ0n) is 7.25. The standard InChI is InChI=1S/C8H10INO3/c1-2-3-4-10-7(11)6(5-9)13-8(10)12/h5H,2-4H2,1H3/b6-5-. The fraction of sp³-hybridized carbons (Fsp3) is 0.500. The normalized spacial score (nSPS) is 19.8. The molecule has 0 bridgehead atoms. The third kappa shape index (κ3) is 2.20. The molecule has 5 heteroatoms. The van der Waals surface area contributed by atoms with E-state index in [0.717, 1.165) is 17.7 Å². The number of carbonyl (C=O) groups is 2. The van der Waals surface area contributed by atoms with Crippen LogP contribution in [0.4, 0.5) is 4.79 Å². The molecule has 1 fully saturated rings. The Kier molecular flexibility index (Phi) is 3.71. The molecule has 0 N–H and O–H groups in total. The second kappa shape index (κ2) is 4.59. The van der Waals surface area contributed by atoms with Crippen LogP contribution in [-0.2, 0) is 9.53 Å². The molecular weight excluding hydrogens is 285 g/mol. The fourth-order valence-electron chi connectivity index (χ4n) is 0.987. The van der Waals surface area contributed by atoms with Gasteiger partial charge in [0, 0.05) is 10.6 Å². The number of carbonyl (C=O) groups excluding carboxylic acids is 2. The SMILES string of the molecule is CCCCN1C(=O)O/C(=C\I)C1=O. The largest absolute Gasteiger partial charge is 0.422 e. The molecule has 1 aliphatic heterocycles. The number of hydrogen-bond acceptors (Lipinski definition) is 3. The molecule has 0 aromatic carbocycles. The number of unbranched alkanes of at least 4 members (excludes halogenated alkanes) is 1. The van der Waals surface area contributed by atoms with E-state index in [-0.39, 0.29) is 11.7 Å². The molecule has 0 atom stereocenters. The number of amides is 2. The summed E-state index contributed by atoms with van der Waals surface area (Å²) in [5, 5.41) is 0. The first-order valence-electron chi connectivity index (χ1n) is 4.04. The number of cyclic esters (lactones) is 1. The van der Waals surface area contributed by atoms with Gasteiger partial charge in [0.1, 0.15) is 0 Å². The highest BCUT2D eigenvalue weighted by Crippen LogP contribution is 2.18. The van der Waals surface area contributed by atoms with Crippen LogP contribution in [0.25, 0.3) is 0 Å². The molecule has 1 aliphatic rings. The Morgan fingerprint density at radius 2 is 2.23 bits per heavy atom. The Morgan fingerprint density at radius 1 is 1.54 bits per heavy atom. The maximum Gasteiger partial charge on any atom is 0.422 e. The van der Waals surface area contributed by atoms with Crippen LogP contribution < -0.4 is 0 Å². The van der Waals surface area contributed by atoms with Crippen LogP contribution in [0.2, 0.25) is 0 Å². The van der Waals surface area contributed by atoms with Crippen LogP contribution in [0.5, 0.6) is 0 Å². The third-order valence-corrected chi connectivity index (χ3v) is 2.27. The molecule has 0 radical (unpaired) electrons. The van der Waals surface area contributed by atoms with Gasteiger partial charge < -0.3 is 4.74 Å². The summed E-state index contributed by atoms with van der Waals surface area (Å²) in [6.07, 6.45) is 1.21. The van der Waals surface area contributed by atoms with Crippen LogP contribution in [0.1, 0.15) is 19.8 Å². The van der Waals surface area contributed by atoms with E-state index in [1.807, 2.05) is 29.5 Å². The quantitative estimate of drug-likeness (QED) is 0.591. The van der Waals surface area contributed by atoms with Gasteiger partial charge in [0.05, 0.1) is 0 Å². The van der Waals surface area contributed by atoms with Crippen molar-refractivity contribution in [1.29, 1.82) is 0 Å². The van der Waals surface area contributed by atoms with Crippen LogP contribution >= 0.6 is 22.6 Å². The predicted molar refractivity (Wildman–Crippen MR) is 55.2 cm³/mol. The van der Waals surface area contributed by atoms with Gasteiger partial charge in [-0.05, 0) is 29.0 Å². The van der Waals surface area contributed by atoms with Crippen LogP contribution in [-0.4, -0.2) is 23.4 Å². The number of hydrogen-bond donors (Lipinski definition) is 0. The van der Waals surface area contributed by atoms with Crippen LogP contribution in [0.3, 0.4) is 0 Å². The molecule has 0 aromatic heterocycles. The monoisotopic (exact) mass is 295 g/mol. The predicted octanol–water partition coefficient (Wildman–Crippen LogP) is 2.04. The lowest BCUT2D eigenvalue weighted by Gasteiger charge is -2.07. The maximum atomic E-state index is 11.4. The molecule has 0 spiro atoms. The van der Waals surface area contributed by atoms with Crippen molar-refractivity contribution in [2.75, 3.05) is 6.54 Å². The molecule has 72 valence electrons. The fourth-order valence-corrected chi connectivity index (χ4v) is 1.38. The van der Waals surface area contributed by atoms with Crippen molar-refractivity contribution in [3.63, 3.8) is 0 Å². The summed E-state index contributed by atoms with van der Waals surface area (Å²) in [5.41, 5.74) is 0. The zero-order chi connectivity index (χ0) is 9.84. The van der Waals surface area contributed by atoms with Crippen molar-refractivity contribution in [1.82, 2.24) is 4.90 Å². The van der Waals surface area contributed by atoms with E-state index in [2.05, 4.69) is 0 Å². The zero-order valence-corrected chi connectivity index (χ0v) is 9.41. The molecule has 0 unspecified atom stereocenters. The van der Waals surface area contributed by atoms with Gasteiger partial charge in [-0.2, -0.15) is 0 Å². The van der Waals surface area contributed by atoms with E-state index in [1.165, 1.54) is 4.08 Å². The lowest BCUT2D eigenvalue weighted by atomic mass is 10.3. The lowest BCUT2D eigenvalue weighted by Crippen LogP contribution is -2.29. The van der Waals surface area contributed by atoms with Gasteiger partial charge in [-0.15, -0.1) is 0 Å². The summed E-state index contributed by atoms with van der Waals surface area (Å²) in [6, 6.07) is 0. The number of ether oxygens (including phenoxy) is 1. The summed E-state index contributed by atoms with van der Waals surface area (Å²) in [4.78, 5) is 23.6. The summed E-state index contributed by atoms with van der Waals surface area (Å²) in [6.45, 7) is 2.45. The van der Waals surface area contributed by atoms with E-state index in [1.54, 1.807) is 0 Å². The maximum absolute atomic E-state index is 11.4. The van der Waals surface area contributed by atoms with Gasteiger partial charge in [0.25, 0.3) is 5.91 Å². The van der Waals surface area contributed by atoms with Crippen molar-refractivity contribution < 1.29 is 14.3 Å². The molecular formula is C8H10INO3. The molecule has 1 heterocycles. The van der Waals surface area contributed by atoms with Crippen molar-refractivity contribution in [3.05, 3.63) is 9.84 Å². The Hall–Kier alpha value is -0.590. The molecule has 4 nitrogen and oxygen atoms in total. The minimum atomic E-state index is -0.554. The smallest absolute Gasteiger partial charge is 0.403 e. The van der Waals surface area contributed by atoms with Crippen molar-refractivity contribution in [2.24, 2.45) is 0 Å². The van der Waals surface area contributed by atoms with Gasteiger partial charge in [-0.25, -0.2) is 9.69 Å². The van der Waals surface area contributed by atoms with Gasteiger partial charge in [0.2, 0.25) is 5.76 Å². The van der Waals surface area contributed by atoms with E-state index in [9.17, 15) is 9.59 Å². The van der Waals surface area contributed by atoms with Crippen molar-refractivity contribution in [3.8, 4) is 0 Å². The first kappa shape index (κ1) is 10.5. The number of nitrogens with zero attached hydrogens (tertiary/aromatic N) is 1. The Morgan fingerprint density at radius 3 is 2.69 bits per heavy atom. The van der Waals surface area contributed by atoms with E-state index >= 15 is 0 Å². The van der Waals surface area contributed by atoms with Crippen LogP contribution in [0.15, 0.2) is 9.84 Å². The molecule has 2 amide bonds.